The molecule has 3 nitrogen and oxygen atoms in total. The Morgan fingerprint density at radius 2 is 1.15 bits per heavy atom. The molecular weight excluding hydrogens is 162 g/mol. The van der Waals surface area contributed by atoms with Crippen LogP contribution in [0, 0.1) is 5.41 Å². The van der Waals surface area contributed by atoms with Crippen LogP contribution in [0.25, 0.3) is 0 Å². The van der Waals surface area contributed by atoms with Crippen LogP contribution in [-0.2, 0) is 0 Å². The molecule has 0 amide bonds. The van der Waals surface area contributed by atoms with Gasteiger partial charge in [0.25, 0.3) is 0 Å². The Labute approximate surface area is 82.0 Å². The maximum Gasteiger partial charge on any atom is -0.00720 e. The maximum absolute atomic E-state index is 5.62. The summed E-state index contributed by atoms with van der Waals surface area (Å²) in [4.78, 5) is 0. The van der Waals surface area contributed by atoms with Crippen LogP contribution in [0.2, 0.25) is 0 Å². The molecule has 0 radical (unpaired) electrons. The molecule has 13 heavy (non-hydrogen) atoms. The van der Waals surface area contributed by atoms with Crippen LogP contribution >= 0.6 is 0 Å². The van der Waals surface area contributed by atoms with E-state index in [9.17, 15) is 0 Å². The van der Waals surface area contributed by atoms with Crippen LogP contribution in [0.4, 0.5) is 0 Å². The molecule has 0 fully saturated rings. The van der Waals surface area contributed by atoms with Crippen LogP contribution < -0.4 is 17.2 Å². The second kappa shape index (κ2) is 7.30. The van der Waals surface area contributed by atoms with Crippen molar-refractivity contribution in [2.45, 2.75) is 39.0 Å². The molecule has 0 aromatic carbocycles. The fourth-order valence-corrected chi connectivity index (χ4v) is 2.20. The molecule has 0 saturated carbocycles. The Bertz CT molecular complexity index is 85.2. The Morgan fingerprint density at radius 1 is 0.769 bits per heavy atom. The molecule has 0 aliphatic heterocycles. The molecule has 0 saturated heterocycles. The average Bonchev–Trinajstić information content (AvgIpc) is 2.06. The molecule has 0 aromatic rings. The van der Waals surface area contributed by atoms with E-state index in [0.717, 1.165) is 38.9 Å². The quantitative estimate of drug-likeness (QED) is 0.526. The van der Waals surface area contributed by atoms with E-state index in [0.29, 0.717) is 5.41 Å². The number of rotatable bonds is 8. The van der Waals surface area contributed by atoms with Gasteiger partial charge in [0.2, 0.25) is 0 Å². The fraction of sp³-hybridized carbons (Fsp3) is 1.00. The van der Waals surface area contributed by atoms with E-state index >= 15 is 0 Å². The van der Waals surface area contributed by atoms with Gasteiger partial charge >= 0.3 is 0 Å². The Kier molecular flexibility index (Phi) is 7.23. The third-order valence-electron chi connectivity index (χ3n) is 2.80. The van der Waals surface area contributed by atoms with Gasteiger partial charge in [0.05, 0.1) is 0 Å². The normalized spacial score (nSPS) is 12.0. The summed E-state index contributed by atoms with van der Waals surface area (Å²) in [5.74, 6) is 0. The summed E-state index contributed by atoms with van der Waals surface area (Å²) in [7, 11) is 0. The van der Waals surface area contributed by atoms with Crippen molar-refractivity contribution >= 4 is 0 Å². The molecule has 0 bridgehead atoms. The van der Waals surface area contributed by atoms with Crippen molar-refractivity contribution in [1.29, 1.82) is 0 Å². The zero-order chi connectivity index (χ0) is 10.2. The van der Waals surface area contributed by atoms with E-state index in [1.54, 1.807) is 0 Å². The van der Waals surface area contributed by atoms with Crippen LogP contribution in [-0.4, -0.2) is 19.6 Å². The van der Waals surface area contributed by atoms with E-state index in [4.69, 9.17) is 17.2 Å². The smallest absolute Gasteiger partial charge is 0.00720 e. The lowest BCUT2D eigenvalue weighted by atomic mass is 9.74. The van der Waals surface area contributed by atoms with Gasteiger partial charge in [-0.25, -0.2) is 0 Å². The summed E-state index contributed by atoms with van der Waals surface area (Å²) < 4.78 is 0. The standard InChI is InChI=1S/C10H25N3/c1-2-3-10(4-7-11,5-8-12)6-9-13/h2-9,11-13H2,1H3. The summed E-state index contributed by atoms with van der Waals surface area (Å²) in [6.07, 6.45) is 5.60. The summed E-state index contributed by atoms with van der Waals surface area (Å²) in [5, 5.41) is 0. The van der Waals surface area contributed by atoms with Gasteiger partial charge < -0.3 is 17.2 Å². The first kappa shape index (κ1) is 12.9. The van der Waals surface area contributed by atoms with E-state index in [-0.39, 0.29) is 0 Å². The molecule has 0 aliphatic rings. The lowest BCUT2D eigenvalue weighted by Crippen LogP contribution is -2.30. The first-order chi connectivity index (χ1) is 6.24. The van der Waals surface area contributed by atoms with Gasteiger partial charge in [0, 0.05) is 0 Å². The minimum absolute atomic E-state index is 0.326. The SMILES string of the molecule is CCCC(CCN)(CCN)CCN. The molecular formula is C10H25N3. The van der Waals surface area contributed by atoms with Crippen LogP contribution in [0.15, 0.2) is 0 Å². The van der Waals surface area contributed by atoms with Crippen molar-refractivity contribution < 1.29 is 0 Å². The summed E-state index contributed by atoms with van der Waals surface area (Å²) in [6, 6.07) is 0. The number of hydrogen-bond acceptors (Lipinski definition) is 3. The van der Waals surface area contributed by atoms with Gasteiger partial charge in [-0.15, -0.1) is 0 Å². The average molecular weight is 187 g/mol. The predicted molar refractivity (Wildman–Crippen MR) is 58.4 cm³/mol. The van der Waals surface area contributed by atoms with Crippen molar-refractivity contribution in [2.75, 3.05) is 19.6 Å². The van der Waals surface area contributed by atoms with Gasteiger partial charge in [-0.1, -0.05) is 13.3 Å². The zero-order valence-corrected chi connectivity index (χ0v) is 8.89. The highest BCUT2D eigenvalue weighted by Gasteiger charge is 2.26. The topological polar surface area (TPSA) is 78.1 Å². The molecule has 3 heteroatoms. The molecule has 0 spiro atoms. The first-order valence-corrected chi connectivity index (χ1v) is 5.35. The second-order valence-electron chi connectivity index (χ2n) is 3.87. The minimum atomic E-state index is 0.326. The monoisotopic (exact) mass is 187 g/mol. The van der Waals surface area contributed by atoms with Crippen molar-refractivity contribution in [1.82, 2.24) is 0 Å². The first-order valence-electron chi connectivity index (χ1n) is 5.35. The summed E-state index contributed by atoms with van der Waals surface area (Å²) in [6.45, 7) is 4.46. The van der Waals surface area contributed by atoms with E-state index in [1.807, 2.05) is 0 Å². The highest BCUT2D eigenvalue weighted by Crippen LogP contribution is 2.34. The molecule has 0 heterocycles. The van der Waals surface area contributed by atoms with Crippen molar-refractivity contribution in [3.05, 3.63) is 0 Å². The minimum Gasteiger partial charge on any atom is -0.330 e. The molecule has 0 aromatic heterocycles. The highest BCUT2D eigenvalue weighted by molar-refractivity contribution is 4.80. The van der Waals surface area contributed by atoms with Crippen LogP contribution in [0.3, 0.4) is 0 Å². The second-order valence-corrected chi connectivity index (χ2v) is 3.87. The van der Waals surface area contributed by atoms with Crippen LogP contribution in [0.1, 0.15) is 39.0 Å². The summed E-state index contributed by atoms with van der Waals surface area (Å²) in [5.41, 5.74) is 17.2. The third-order valence-corrected chi connectivity index (χ3v) is 2.80. The Morgan fingerprint density at radius 3 is 1.38 bits per heavy atom. The van der Waals surface area contributed by atoms with Crippen molar-refractivity contribution in [3.63, 3.8) is 0 Å². The summed E-state index contributed by atoms with van der Waals surface area (Å²) >= 11 is 0. The lowest BCUT2D eigenvalue weighted by molar-refractivity contribution is 0.209. The molecule has 6 N–H and O–H groups in total. The maximum atomic E-state index is 5.62. The third kappa shape index (κ3) is 4.60. The van der Waals surface area contributed by atoms with E-state index in [2.05, 4.69) is 6.92 Å². The van der Waals surface area contributed by atoms with Gasteiger partial charge in [0.15, 0.2) is 0 Å². The molecule has 0 aliphatic carbocycles. The largest absolute Gasteiger partial charge is 0.330 e. The zero-order valence-electron chi connectivity index (χ0n) is 8.89. The van der Waals surface area contributed by atoms with Gasteiger partial charge in [-0.2, -0.15) is 0 Å². The van der Waals surface area contributed by atoms with Crippen molar-refractivity contribution in [3.8, 4) is 0 Å². The predicted octanol–water partition coefficient (Wildman–Crippen LogP) is 0.819. The number of hydrogen-bond donors (Lipinski definition) is 3. The molecule has 0 rings (SSSR count). The highest BCUT2D eigenvalue weighted by atomic mass is 14.6. The Hall–Kier alpha value is -0.120. The van der Waals surface area contributed by atoms with Crippen LogP contribution in [0.5, 0.6) is 0 Å². The molecule has 0 unspecified atom stereocenters. The van der Waals surface area contributed by atoms with E-state index in [1.165, 1.54) is 12.8 Å². The van der Waals surface area contributed by atoms with Gasteiger partial charge in [-0.3, -0.25) is 0 Å². The van der Waals surface area contributed by atoms with Crippen molar-refractivity contribution in [2.24, 2.45) is 22.6 Å². The molecule has 0 atom stereocenters. The lowest BCUT2D eigenvalue weighted by Gasteiger charge is -2.32. The van der Waals surface area contributed by atoms with E-state index < -0.39 is 0 Å². The Balaban J connectivity index is 4.19. The van der Waals surface area contributed by atoms with Gasteiger partial charge in [-0.05, 0) is 50.7 Å². The molecule has 80 valence electrons. The fourth-order valence-electron chi connectivity index (χ4n) is 2.20. The number of nitrogens with two attached hydrogens (primary N) is 3. The van der Waals surface area contributed by atoms with Gasteiger partial charge in [0.1, 0.15) is 0 Å².